The normalized spacial score (nSPS) is 10.2. The molecule has 17 heavy (non-hydrogen) atoms. The number of nitrogens with two attached hydrogens (primary N) is 1. The second kappa shape index (κ2) is 4.73. The number of nitrogens with one attached hydrogen (secondary N) is 1. The van der Waals surface area contributed by atoms with Crippen molar-refractivity contribution < 1.29 is 13.7 Å². The summed E-state index contributed by atoms with van der Waals surface area (Å²) in [7, 11) is 1.48. The largest absolute Gasteiger partial charge is 0.495 e. The lowest BCUT2D eigenvalue weighted by Crippen LogP contribution is -2.03. The quantitative estimate of drug-likeness (QED) is 0.796. The minimum atomic E-state index is -0.438. The molecule has 0 bridgehead atoms. The Morgan fingerprint density at radius 3 is 3.00 bits per heavy atom. The molecule has 0 aliphatic carbocycles. The average Bonchev–Trinajstić information content (AvgIpc) is 2.81. The molecule has 0 amide bonds. The maximum atomic E-state index is 13.6. The Kier molecular flexibility index (Phi) is 3.13. The molecule has 3 N–H and O–H groups in total. The van der Waals surface area contributed by atoms with Gasteiger partial charge in [0, 0.05) is 18.2 Å². The summed E-state index contributed by atoms with van der Waals surface area (Å²) in [5.41, 5.74) is 6.82. The van der Waals surface area contributed by atoms with Crippen molar-refractivity contribution in [3.05, 3.63) is 36.0 Å². The van der Waals surface area contributed by atoms with Crippen molar-refractivity contribution in [3.8, 4) is 5.75 Å². The third kappa shape index (κ3) is 2.47. The minimum absolute atomic E-state index is 0.261. The zero-order valence-corrected chi connectivity index (χ0v) is 9.24. The number of halogens is 1. The Bertz CT molecular complexity index is 500. The van der Waals surface area contributed by atoms with E-state index in [1.54, 1.807) is 6.07 Å². The predicted octanol–water partition coefficient (Wildman–Crippen LogP) is 2.02. The minimum Gasteiger partial charge on any atom is -0.495 e. The first-order chi connectivity index (χ1) is 8.20. The standard InChI is InChI=1S/C11H12FN3O2/c1-16-11-5-10(8(12)4-9(11)13)14-6-7-2-3-17-15-7/h2-5,14H,6,13H2,1H3. The molecule has 0 aliphatic rings. The van der Waals surface area contributed by atoms with Gasteiger partial charge in [0.25, 0.3) is 0 Å². The topological polar surface area (TPSA) is 73.3 Å². The fraction of sp³-hybridized carbons (Fsp3) is 0.182. The van der Waals surface area contributed by atoms with Crippen LogP contribution in [0.3, 0.4) is 0 Å². The first kappa shape index (κ1) is 11.3. The number of methoxy groups -OCH3 is 1. The molecule has 2 rings (SSSR count). The fourth-order valence-corrected chi connectivity index (χ4v) is 1.40. The van der Waals surface area contributed by atoms with Gasteiger partial charge in [0.2, 0.25) is 0 Å². The summed E-state index contributed by atoms with van der Waals surface area (Å²) >= 11 is 0. The van der Waals surface area contributed by atoms with Gasteiger partial charge in [-0.05, 0) is 0 Å². The summed E-state index contributed by atoms with van der Waals surface area (Å²) in [6.07, 6.45) is 1.46. The van der Waals surface area contributed by atoms with Crippen molar-refractivity contribution in [2.75, 3.05) is 18.2 Å². The van der Waals surface area contributed by atoms with E-state index in [0.29, 0.717) is 23.7 Å². The number of nitrogens with zero attached hydrogens (tertiary/aromatic N) is 1. The Balaban J connectivity index is 2.15. The number of anilines is 2. The molecule has 0 spiro atoms. The lowest BCUT2D eigenvalue weighted by Gasteiger charge is -2.10. The molecule has 0 unspecified atom stereocenters. The monoisotopic (exact) mass is 237 g/mol. The van der Waals surface area contributed by atoms with Crippen LogP contribution < -0.4 is 15.8 Å². The van der Waals surface area contributed by atoms with Gasteiger partial charge in [-0.3, -0.25) is 0 Å². The van der Waals surface area contributed by atoms with Crippen molar-refractivity contribution in [2.45, 2.75) is 6.54 Å². The van der Waals surface area contributed by atoms with Gasteiger partial charge < -0.3 is 20.3 Å². The van der Waals surface area contributed by atoms with Crippen LogP contribution in [0.5, 0.6) is 5.75 Å². The summed E-state index contributed by atoms with van der Waals surface area (Å²) < 4.78 is 23.2. The number of aromatic nitrogens is 1. The summed E-state index contributed by atoms with van der Waals surface area (Å²) in [6.45, 7) is 0.362. The van der Waals surface area contributed by atoms with E-state index in [4.69, 9.17) is 10.5 Å². The van der Waals surface area contributed by atoms with E-state index in [9.17, 15) is 4.39 Å². The van der Waals surface area contributed by atoms with E-state index in [2.05, 4.69) is 15.0 Å². The molecular weight excluding hydrogens is 225 g/mol. The number of nitrogen functional groups attached to an aromatic ring is 1. The van der Waals surface area contributed by atoms with Crippen molar-refractivity contribution in [1.29, 1.82) is 0 Å². The van der Waals surface area contributed by atoms with E-state index in [1.807, 2.05) is 0 Å². The van der Waals surface area contributed by atoms with E-state index in [0.717, 1.165) is 0 Å². The highest BCUT2D eigenvalue weighted by Crippen LogP contribution is 2.28. The van der Waals surface area contributed by atoms with Crippen LogP contribution in [0.2, 0.25) is 0 Å². The lowest BCUT2D eigenvalue weighted by atomic mass is 10.2. The van der Waals surface area contributed by atoms with Crippen LogP contribution in [0.4, 0.5) is 15.8 Å². The third-order valence-corrected chi connectivity index (χ3v) is 2.27. The van der Waals surface area contributed by atoms with Crippen molar-refractivity contribution in [1.82, 2.24) is 5.16 Å². The first-order valence-electron chi connectivity index (χ1n) is 4.97. The van der Waals surface area contributed by atoms with Crippen LogP contribution in [0.25, 0.3) is 0 Å². The molecule has 0 fully saturated rings. The number of hydrogen-bond acceptors (Lipinski definition) is 5. The predicted molar refractivity (Wildman–Crippen MR) is 61.2 cm³/mol. The van der Waals surface area contributed by atoms with E-state index < -0.39 is 5.82 Å². The van der Waals surface area contributed by atoms with Gasteiger partial charge in [-0.2, -0.15) is 0 Å². The molecule has 2 aromatic rings. The zero-order chi connectivity index (χ0) is 12.3. The van der Waals surface area contributed by atoms with Crippen molar-refractivity contribution in [3.63, 3.8) is 0 Å². The molecule has 1 aromatic carbocycles. The molecule has 0 aliphatic heterocycles. The van der Waals surface area contributed by atoms with Crippen LogP contribution in [0, 0.1) is 5.82 Å². The van der Waals surface area contributed by atoms with E-state index >= 15 is 0 Å². The highest BCUT2D eigenvalue weighted by molar-refractivity contribution is 5.62. The first-order valence-corrected chi connectivity index (χ1v) is 4.97. The maximum Gasteiger partial charge on any atom is 0.148 e. The molecule has 1 aromatic heterocycles. The van der Waals surface area contributed by atoms with Crippen molar-refractivity contribution in [2.24, 2.45) is 0 Å². The molecule has 0 saturated heterocycles. The van der Waals surface area contributed by atoms with Gasteiger partial charge in [-0.25, -0.2) is 4.39 Å². The molecule has 0 atom stereocenters. The summed E-state index contributed by atoms with van der Waals surface area (Å²) in [4.78, 5) is 0. The molecule has 5 nitrogen and oxygen atoms in total. The van der Waals surface area contributed by atoms with Crippen molar-refractivity contribution >= 4 is 11.4 Å². The molecule has 0 saturated carbocycles. The highest BCUT2D eigenvalue weighted by atomic mass is 19.1. The number of benzene rings is 1. The Hall–Kier alpha value is -2.24. The van der Waals surface area contributed by atoms with Gasteiger partial charge >= 0.3 is 0 Å². The highest BCUT2D eigenvalue weighted by Gasteiger charge is 2.08. The number of rotatable bonds is 4. The fourth-order valence-electron chi connectivity index (χ4n) is 1.40. The Labute approximate surface area is 97.4 Å². The average molecular weight is 237 g/mol. The van der Waals surface area contributed by atoms with Gasteiger partial charge in [-0.1, -0.05) is 5.16 Å². The molecule has 90 valence electrons. The van der Waals surface area contributed by atoms with Gasteiger partial charge in [0.1, 0.15) is 23.5 Å². The summed E-state index contributed by atoms with van der Waals surface area (Å²) in [5.74, 6) is -0.0131. The van der Waals surface area contributed by atoms with Gasteiger partial charge in [0.15, 0.2) is 0 Å². The van der Waals surface area contributed by atoms with Crippen LogP contribution in [-0.4, -0.2) is 12.3 Å². The second-order valence-corrected chi connectivity index (χ2v) is 3.42. The number of hydrogen-bond donors (Lipinski definition) is 2. The summed E-state index contributed by atoms with van der Waals surface area (Å²) in [6, 6.07) is 4.41. The van der Waals surface area contributed by atoms with Crippen LogP contribution in [0.15, 0.2) is 29.0 Å². The Morgan fingerprint density at radius 1 is 1.53 bits per heavy atom. The van der Waals surface area contributed by atoms with Gasteiger partial charge in [0.05, 0.1) is 25.0 Å². The molecule has 6 heteroatoms. The lowest BCUT2D eigenvalue weighted by molar-refractivity contribution is 0.412. The van der Waals surface area contributed by atoms with E-state index in [1.165, 1.54) is 25.5 Å². The van der Waals surface area contributed by atoms with Crippen LogP contribution in [0.1, 0.15) is 5.69 Å². The number of ether oxygens (including phenoxy) is 1. The zero-order valence-electron chi connectivity index (χ0n) is 9.24. The third-order valence-electron chi connectivity index (χ3n) is 2.27. The molecule has 0 radical (unpaired) electrons. The van der Waals surface area contributed by atoms with E-state index in [-0.39, 0.29) is 5.69 Å². The second-order valence-electron chi connectivity index (χ2n) is 3.42. The maximum absolute atomic E-state index is 13.6. The molecule has 1 heterocycles. The van der Waals surface area contributed by atoms with Crippen LogP contribution >= 0.6 is 0 Å². The Morgan fingerprint density at radius 2 is 2.35 bits per heavy atom. The van der Waals surface area contributed by atoms with Crippen LogP contribution in [-0.2, 0) is 6.54 Å². The summed E-state index contributed by atoms with van der Waals surface area (Å²) in [5, 5.41) is 6.59. The van der Waals surface area contributed by atoms with Gasteiger partial charge in [-0.15, -0.1) is 0 Å². The smallest absolute Gasteiger partial charge is 0.148 e. The molecular formula is C11H12FN3O2. The SMILES string of the molecule is COc1cc(NCc2ccon2)c(F)cc1N.